The van der Waals surface area contributed by atoms with Crippen LogP contribution in [0.15, 0.2) is 6.20 Å². The molecule has 0 radical (unpaired) electrons. The van der Waals surface area contributed by atoms with Gasteiger partial charge in [-0.25, -0.2) is 14.8 Å². The molecule has 1 N–H and O–H groups in total. The number of nitrogens with one attached hydrogen (secondary N) is 1. The molecule has 0 aromatic carbocycles. The molecule has 110 valence electrons. The Balaban J connectivity index is 2.03. The van der Waals surface area contributed by atoms with Crippen molar-refractivity contribution < 1.29 is 9.53 Å². The number of aryl methyl sites for hydroxylation is 1. The van der Waals surface area contributed by atoms with Gasteiger partial charge in [-0.15, -0.1) is 0 Å². The first-order valence-electron chi connectivity index (χ1n) is 7.39. The fraction of sp³-hybridized carbons (Fsp3) is 0.667. The number of aromatic nitrogens is 2. The third-order valence-corrected chi connectivity index (χ3v) is 3.94. The average Bonchev–Trinajstić information content (AvgIpc) is 2.93. The number of carbonyl (C=O) groups is 1. The van der Waals surface area contributed by atoms with Crippen molar-refractivity contribution in [3.05, 3.63) is 17.5 Å². The van der Waals surface area contributed by atoms with Gasteiger partial charge in [0.25, 0.3) is 0 Å². The Bertz CT molecular complexity index is 470. The summed E-state index contributed by atoms with van der Waals surface area (Å²) >= 11 is 0. The number of esters is 1. The maximum Gasteiger partial charge on any atom is 0.341 e. The summed E-state index contributed by atoms with van der Waals surface area (Å²) in [5, 5.41) is 3.35. The highest BCUT2D eigenvalue weighted by Crippen LogP contribution is 2.28. The van der Waals surface area contributed by atoms with Crippen molar-refractivity contribution in [1.29, 1.82) is 0 Å². The van der Waals surface area contributed by atoms with Gasteiger partial charge in [-0.2, -0.15) is 0 Å². The predicted octanol–water partition coefficient (Wildman–Crippen LogP) is 2.95. The van der Waals surface area contributed by atoms with E-state index in [4.69, 9.17) is 4.74 Å². The lowest BCUT2D eigenvalue weighted by Crippen LogP contribution is -2.25. The lowest BCUT2D eigenvalue weighted by atomic mass is 10.0. The van der Waals surface area contributed by atoms with Crippen LogP contribution in [0.25, 0.3) is 0 Å². The van der Waals surface area contributed by atoms with Crippen LogP contribution < -0.4 is 5.32 Å². The molecule has 1 aromatic rings. The quantitative estimate of drug-likeness (QED) is 0.838. The highest BCUT2D eigenvalue weighted by atomic mass is 16.5. The summed E-state index contributed by atoms with van der Waals surface area (Å²) in [5.41, 5.74) is 1.09. The summed E-state index contributed by atoms with van der Waals surface area (Å²) in [6, 6.07) is 0.366. The third-order valence-electron chi connectivity index (χ3n) is 3.94. The fourth-order valence-electron chi connectivity index (χ4n) is 2.72. The summed E-state index contributed by atoms with van der Waals surface area (Å²) in [7, 11) is 0. The molecule has 1 saturated carbocycles. The highest BCUT2D eigenvalue weighted by molar-refractivity contribution is 5.90. The molecule has 2 rings (SSSR count). The van der Waals surface area contributed by atoms with E-state index in [0.717, 1.165) is 0 Å². The average molecular weight is 277 g/mol. The van der Waals surface area contributed by atoms with Crippen molar-refractivity contribution in [3.8, 4) is 0 Å². The molecule has 1 aliphatic carbocycles. The van der Waals surface area contributed by atoms with E-state index in [0.29, 0.717) is 35.8 Å². The van der Waals surface area contributed by atoms with Crippen LogP contribution in [0.5, 0.6) is 0 Å². The summed E-state index contributed by atoms with van der Waals surface area (Å²) in [6.45, 7) is 6.12. The summed E-state index contributed by atoms with van der Waals surface area (Å²) in [4.78, 5) is 20.3. The molecule has 5 heteroatoms. The van der Waals surface area contributed by atoms with Crippen molar-refractivity contribution in [1.82, 2.24) is 9.97 Å². The number of anilines is 1. The molecule has 1 unspecified atom stereocenters. The van der Waals surface area contributed by atoms with E-state index in [-0.39, 0.29) is 5.97 Å². The zero-order valence-electron chi connectivity index (χ0n) is 12.5. The fourth-order valence-corrected chi connectivity index (χ4v) is 2.72. The van der Waals surface area contributed by atoms with Gasteiger partial charge in [0.2, 0.25) is 5.95 Å². The van der Waals surface area contributed by atoms with Gasteiger partial charge >= 0.3 is 5.97 Å². The van der Waals surface area contributed by atoms with E-state index in [1.165, 1.54) is 25.7 Å². The molecule has 1 fully saturated rings. The van der Waals surface area contributed by atoms with Gasteiger partial charge in [0.1, 0.15) is 0 Å². The van der Waals surface area contributed by atoms with E-state index < -0.39 is 0 Å². The molecule has 0 amide bonds. The molecule has 0 saturated heterocycles. The molecule has 0 bridgehead atoms. The SMILES string of the molecule is CCOC(=O)c1cnc(NC(C)C2CCCC2)nc1C. The first kappa shape index (κ1) is 14.8. The standard InChI is InChI=1S/C15H23N3O2/c1-4-20-14(19)13-9-16-15(18-11(13)3)17-10(2)12-7-5-6-8-12/h9-10,12H,4-8H2,1-3H3,(H,16,17,18). The Morgan fingerprint density at radius 1 is 1.50 bits per heavy atom. The molecule has 1 atom stereocenters. The molecule has 1 heterocycles. The minimum absolute atomic E-state index is 0.358. The molecule has 0 aliphatic heterocycles. The topological polar surface area (TPSA) is 64.1 Å². The van der Waals surface area contributed by atoms with Crippen LogP contribution in [0.3, 0.4) is 0 Å². The van der Waals surface area contributed by atoms with Crippen molar-refractivity contribution in [2.45, 2.75) is 52.5 Å². The van der Waals surface area contributed by atoms with Crippen molar-refractivity contribution in [2.24, 2.45) is 5.92 Å². The zero-order valence-corrected chi connectivity index (χ0v) is 12.5. The van der Waals surface area contributed by atoms with Gasteiger partial charge in [0.05, 0.1) is 17.9 Å². The van der Waals surface area contributed by atoms with Crippen LogP contribution in [-0.4, -0.2) is 28.6 Å². The maximum atomic E-state index is 11.7. The van der Waals surface area contributed by atoms with Gasteiger partial charge in [-0.05, 0) is 39.5 Å². The van der Waals surface area contributed by atoms with Crippen LogP contribution >= 0.6 is 0 Å². The first-order valence-corrected chi connectivity index (χ1v) is 7.39. The number of rotatable bonds is 5. The second kappa shape index (κ2) is 6.68. The Hall–Kier alpha value is -1.65. The second-order valence-electron chi connectivity index (χ2n) is 5.39. The maximum absolute atomic E-state index is 11.7. The normalized spacial score (nSPS) is 16.9. The summed E-state index contributed by atoms with van der Waals surface area (Å²) in [6.07, 6.45) is 6.73. The number of carbonyl (C=O) groups excluding carboxylic acids is 1. The lowest BCUT2D eigenvalue weighted by Gasteiger charge is -2.20. The summed E-state index contributed by atoms with van der Waals surface area (Å²) < 4.78 is 4.97. The molecule has 1 aromatic heterocycles. The van der Waals surface area contributed by atoms with Crippen molar-refractivity contribution in [3.63, 3.8) is 0 Å². The zero-order chi connectivity index (χ0) is 14.5. The van der Waals surface area contributed by atoms with Crippen molar-refractivity contribution >= 4 is 11.9 Å². The smallest absolute Gasteiger partial charge is 0.341 e. The van der Waals surface area contributed by atoms with Crippen LogP contribution in [0.1, 0.15) is 55.6 Å². The third kappa shape index (κ3) is 3.46. The van der Waals surface area contributed by atoms with Gasteiger partial charge in [-0.3, -0.25) is 0 Å². The first-order chi connectivity index (χ1) is 9.61. The number of hydrogen-bond donors (Lipinski definition) is 1. The molecular weight excluding hydrogens is 254 g/mol. The molecule has 20 heavy (non-hydrogen) atoms. The van der Waals surface area contributed by atoms with Crippen LogP contribution in [0, 0.1) is 12.8 Å². The minimum Gasteiger partial charge on any atom is -0.462 e. The molecular formula is C15H23N3O2. The number of ether oxygens (including phenoxy) is 1. The van der Waals surface area contributed by atoms with E-state index in [2.05, 4.69) is 22.2 Å². The van der Waals surface area contributed by atoms with Crippen LogP contribution in [-0.2, 0) is 4.74 Å². The van der Waals surface area contributed by atoms with Crippen LogP contribution in [0.2, 0.25) is 0 Å². The van der Waals surface area contributed by atoms with Gasteiger partial charge in [0, 0.05) is 12.2 Å². The number of nitrogens with zero attached hydrogens (tertiary/aromatic N) is 2. The molecule has 1 aliphatic rings. The Morgan fingerprint density at radius 2 is 2.20 bits per heavy atom. The largest absolute Gasteiger partial charge is 0.462 e. The van der Waals surface area contributed by atoms with Gasteiger partial charge in [-0.1, -0.05) is 12.8 Å². The Kier molecular flexibility index (Phi) is 4.93. The van der Waals surface area contributed by atoms with Crippen LogP contribution in [0.4, 0.5) is 5.95 Å². The van der Waals surface area contributed by atoms with E-state index in [1.807, 2.05) is 0 Å². The van der Waals surface area contributed by atoms with Gasteiger partial charge < -0.3 is 10.1 Å². The van der Waals surface area contributed by atoms with Gasteiger partial charge in [0.15, 0.2) is 0 Å². The number of hydrogen-bond acceptors (Lipinski definition) is 5. The predicted molar refractivity (Wildman–Crippen MR) is 77.8 cm³/mol. The lowest BCUT2D eigenvalue weighted by molar-refractivity contribution is 0.0524. The van der Waals surface area contributed by atoms with E-state index >= 15 is 0 Å². The highest BCUT2D eigenvalue weighted by Gasteiger charge is 2.22. The minimum atomic E-state index is -0.361. The monoisotopic (exact) mass is 277 g/mol. The van der Waals surface area contributed by atoms with Crippen molar-refractivity contribution in [2.75, 3.05) is 11.9 Å². The molecule has 0 spiro atoms. The summed E-state index contributed by atoms with van der Waals surface area (Å²) in [5.74, 6) is 0.930. The van der Waals surface area contributed by atoms with E-state index in [1.54, 1.807) is 20.0 Å². The molecule has 5 nitrogen and oxygen atoms in total. The second-order valence-corrected chi connectivity index (χ2v) is 5.39. The Morgan fingerprint density at radius 3 is 2.80 bits per heavy atom. The van der Waals surface area contributed by atoms with E-state index in [9.17, 15) is 4.79 Å². The Labute approximate surface area is 120 Å².